The van der Waals surface area contributed by atoms with Crippen LogP contribution in [0.3, 0.4) is 0 Å². The highest BCUT2D eigenvalue weighted by atomic mass is 16.3. The Morgan fingerprint density at radius 1 is 1.70 bits per heavy atom. The van der Waals surface area contributed by atoms with Gasteiger partial charge in [-0.15, -0.1) is 0 Å². The monoisotopic (exact) mass is 142 g/mol. The summed E-state index contributed by atoms with van der Waals surface area (Å²) < 4.78 is 0. The molecule has 0 aliphatic rings. The summed E-state index contributed by atoms with van der Waals surface area (Å²) in [6.07, 6.45) is 1.30. The largest absolute Gasteiger partial charge is 0.393 e. The Morgan fingerprint density at radius 3 is 2.90 bits per heavy atom. The molecule has 0 aliphatic heterocycles. The Kier molecular flexibility index (Phi) is 6.14. The van der Waals surface area contributed by atoms with Crippen molar-refractivity contribution >= 4 is 0 Å². The third-order valence-electron chi connectivity index (χ3n) is 1.33. The van der Waals surface area contributed by atoms with Gasteiger partial charge in [0.15, 0.2) is 0 Å². The Labute approximate surface area is 61.7 Å². The van der Waals surface area contributed by atoms with Crippen LogP contribution >= 0.6 is 0 Å². The van der Waals surface area contributed by atoms with Crippen molar-refractivity contribution in [2.45, 2.75) is 25.9 Å². The van der Waals surface area contributed by atoms with Crippen molar-refractivity contribution < 1.29 is 5.11 Å². The topological polar surface area (TPSA) is 56.0 Å². The molecule has 1 unspecified atom stereocenters. The van der Waals surface area contributed by atoms with Crippen LogP contribution in [0.1, 0.15) is 19.8 Å². The molecule has 0 aromatic heterocycles. The number of nitrogens with zero attached hydrogens (tertiary/aromatic N) is 1. The fourth-order valence-corrected chi connectivity index (χ4v) is 0.617. The zero-order chi connectivity index (χ0) is 7.82. The van der Waals surface area contributed by atoms with E-state index in [1.165, 1.54) is 0 Å². The molecule has 3 nitrogen and oxygen atoms in total. The van der Waals surface area contributed by atoms with Crippen molar-refractivity contribution in [1.82, 2.24) is 5.32 Å². The van der Waals surface area contributed by atoms with Gasteiger partial charge in [-0.05, 0) is 19.4 Å². The van der Waals surface area contributed by atoms with Crippen LogP contribution in [-0.2, 0) is 0 Å². The fraction of sp³-hybridized carbons (Fsp3) is 0.857. The highest BCUT2D eigenvalue weighted by Crippen LogP contribution is 1.93. The summed E-state index contributed by atoms with van der Waals surface area (Å²) >= 11 is 0. The maximum absolute atomic E-state index is 9.03. The van der Waals surface area contributed by atoms with Crippen LogP contribution in [0.15, 0.2) is 0 Å². The second kappa shape index (κ2) is 6.53. The van der Waals surface area contributed by atoms with Crippen molar-refractivity contribution in [2.24, 2.45) is 0 Å². The number of nitriles is 1. The van der Waals surface area contributed by atoms with Gasteiger partial charge in [-0.2, -0.15) is 5.26 Å². The molecule has 3 heteroatoms. The minimum Gasteiger partial charge on any atom is -0.393 e. The summed E-state index contributed by atoms with van der Waals surface area (Å²) in [6.45, 7) is 3.04. The Hall–Kier alpha value is -0.590. The predicted octanol–water partition coefficient (Wildman–Crippen LogP) is 0.261. The zero-order valence-electron chi connectivity index (χ0n) is 6.30. The van der Waals surface area contributed by atoms with E-state index in [0.29, 0.717) is 6.54 Å². The molecule has 0 aliphatic carbocycles. The van der Waals surface area contributed by atoms with Crippen LogP contribution in [0.25, 0.3) is 0 Å². The lowest BCUT2D eigenvalue weighted by Gasteiger charge is -2.05. The standard InChI is InChI=1S/C7H14N2O/c1-2-7(10)3-5-9-6-4-8/h7,9-10H,2-3,5-6H2,1H3. The minimum absolute atomic E-state index is 0.216. The maximum Gasteiger partial charge on any atom is 0.0840 e. The molecule has 2 N–H and O–H groups in total. The molecule has 10 heavy (non-hydrogen) atoms. The van der Waals surface area contributed by atoms with Gasteiger partial charge in [-0.1, -0.05) is 6.92 Å². The van der Waals surface area contributed by atoms with Gasteiger partial charge in [0, 0.05) is 0 Å². The molecule has 58 valence electrons. The summed E-state index contributed by atoms with van der Waals surface area (Å²) in [7, 11) is 0. The summed E-state index contributed by atoms with van der Waals surface area (Å²) in [6, 6.07) is 1.97. The third kappa shape index (κ3) is 5.54. The number of aliphatic hydroxyl groups excluding tert-OH is 1. The summed E-state index contributed by atoms with van der Waals surface area (Å²) in [5, 5.41) is 20.0. The molecular formula is C7H14N2O. The first-order valence-electron chi connectivity index (χ1n) is 3.57. The highest BCUT2D eigenvalue weighted by molar-refractivity contribution is 4.72. The van der Waals surface area contributed by atoms with E-state index in [2.05, 4.69) is 5.32 Å². The maximum atomic E-state index is 9.03. The number of nitrogens with one attached hydrogen (secondary N) is 1. The van der Waals surface area contributed by atoms with Crippen molar-refractivity contribution in [3.05, 3.63) is 0 Å². The first-order chi connectivity index (χ1) is 4.81. The molecular weight excluding hydrogens is 128 g/mol. The molecule has 0 spiro atoms. The molecule has 0 aromatic rings. The molecule has 1 atom stereocenters. The molecule has 0 bridgehead atoms. The van der Waals surface area contributed by atoms with E-state index in [-0.39, 0.29) is 6.10 Å². The summed E-state index contributed by atoms with van der Waals surface area (Å²) in [5.74, 6) is 0. The Bertz CT molecular complexity index is 109. The highest BCUT2D eigenvalue weighted by Gasteiger charge is 1.97. The second-order valence-electron chi connectivity index (χ2n) is 2.19. The first kappa shape index (κ1) is 9.41. The lowest BCUT2D eigenvalue weighted by atomic mass is 10.2. The third-order valence-corrected chi connectivity index (χ3v) is 1.33. The lowest BCUT2D eigenvalue weighted by Crippen LogP contribution is -2.20. The first-order valence-corrected chi connectivity index (χ1v) is 3.57. The minimum atomic E-state index is -0.216. The van der Waals surface area contributed by atoms with E-state index >= 15 is 0 Å². The van der Waals surface area contributed by atoms with Gasteiger partial charge in [0.05, 0.1) is 18.7 Å². The average Bonchev–Trinajstić information content (AvgIpc) is 1.98. The molecule has 0 aromatic carbocycles. The molecule has 0 amide bonds. The van der Waals surface area contributed by atoms with E-state index in [9.17, 15) is 0 Å². The average molecular weight is 142 g/mol. The second-order valence-corrected chi connectivity index (χ2v) is 2.19. The number of hydrogen-bond acceptors (Lipinski definition) is 3. The SMILES string of the molecule is CCC(O)CCNCC#N. The smallest absolute Gasteiger partial charge is 0.0840 e. The normalized spacial score (nSPS) is 12.5. The van der Waals surface area contributed by atoms with Crippen molar-refractivity contribution in [3.63, 3.8) is 0 Å². The quantitative estimate of drug-likeness (QED) is 0.427. The van der Waals surface area contributed by atoms with Crippen LogP contribution in [0.2, 0.25) is 0 Å². The van der Waals surface area contributed by atoms with E-state index < -0.39 is 0 Å². The predicted molar refractivity (Wildman–Crippen MR) is 39.4 cm³/mol. The summed E-state index contributed by atoms with van der Waals surface area (Å²) in [4.78, 5) is 0. The zero-order valence-corrected chi connectivity index (χ0v) is 6.30. The Balaban J connectivity index is 2.98. The van der Waals surface area contributed by atoms with E-state index in [4.69, 9.17) is 10.4 Å². The number of aliphatic hydroxyl groups is 1. The van der Waals surface area contributed by atoms with Crippen LogP contribution in [0.4, 0.5) is 0 Å². The van der Waals surface area contributed by atoms with Gasteiger partial charge in [0.1, 0.15) is 0 Å². The number of hydrogen-bond donors (Lipinski definition) is 2. The summed E-state index contributed by atoms with van der Waals surface area (Å²) in [5.41, 5.74) is 0. The van der Waals surface area contributed by atoms with Gasteiger partial charge < -0.3 is 10.4 Å². The molecule has 0 saturated heterocycles. The number of rotatable bonds is 5. The van der Waals surface area contributed by atoms with Crippen molar-refractivity contribution in [1.29, 1.82) is 5.26 Å². The van der Waals surface area contributed by atoms with Gasteiger partial charge in [-0.3, -0.25) is 0 Å². The van der Waals surface area contributed by atoms with E-state index in [1.807, 2.05) is 13.0 Å². The van der Waals surface area contributed by atoms with Gasteiger partial charge in [-0.25, -0.2) is 0 Å². The van der Waals surface area contributed by atoms with E-state index in [0.717, 1.165) is 19.4 Å². The van der Waals surface area contributed by atoms with Crippen LogP contribution in [-0.4, -0.2) is 24.3 Å². The van der Waals surface area contributed by atoms with Crippen molar-refractivity contribution in [3.8, 4) is 6.07 Å². The van der Waals surface area contributed by atoms with Crippen LogP contribution < -0.4 is 5.32 Å². The molecule has 0 heterocycles. The Morgan fingerprint density at radius 2 is 2.40 bits per heavy atom. The van der Waals surface area contributed by atoms with Crippen molar-refractivity contribution in [2.75, 3.05) is 13.1 Å². The van der Waals surface area contributed by atoms with E-state index in [1.54, 1.807) is 0 Å². The molecule has 0 saturated carbocycles. The van der Waals surface area contributed by atoms with Gasteiger partial charge >= 0.3 is 0 Å². The van der Waals surface area contributed by atoms with Gasteiger partial charge in [0.25, 0.3) is 0 Å². The molecule has 0 radical (unpaired) electrons. The van der Waals surface area contributed by atoms with Crippen LogP contribution in [0, 0.1) is 11.3 Å². The van der Waals surface area contributed by atoms with Crippen LogP contribution in [0.5, 0.6) is 0 Å². The lowest BCUT2D eigenvalue weighted by molar-refractivity contribution is 0.160. The fourth-order valence-electron chi connectivity index (χ4n) is 0.617. The molecule has 0 fully saturated rings. The van der Waals surface area contributed by atoms with Gasteiger partial charge in [0.2, 0.25) is 0 Å². The molecule has 0 rings (SSSR count).